The summed E-state index contributed by atoms with van der Waals surface area (Å²) in [7, 11) is 0. The fourth-order valence-electron chi connectivity index (χ4n) is 2.02. The Bertz CT molecular complexity index is 225. The Kier molecular flexibility index (Phi) is 2.03. The molecule has 0 spiro atoms. The van der Waals surface area contributed by atoms with Crippen LogP contribution in [0.2, 0.25) is 0 Å². The summed E-state index contributed by atoms with van der Waals surface area (Å²) in [6.45, 7) is 5.48. The maximum atomic E-state index is 4.65. The van der Waals surface area contributed by atoms with Gasteiger partial charge in [-0.25, -0.2) is 0 Å². The maximum absolute atomic E-state index is 4.65. The number of nitrogens with zero attached hydrogens (tertiary/aromatic N) is 1. The molecule has 0 bridgehead atoms. The van der Waals surface area contributed by atoms with Gasteiger partial charge in [-0.1, -0.05) is 26.0 Å². The van der Waals surface area contributed by atoms with Gasteiger partial charge < -0.3 is 0 Å². The van der Waals surface area contributed by atoms with Gasteiger partial charge in [0.05, 0.1) is 0 Å². The SMILES string of the molecule is CC(C)CN=C1C[C@H]2C=CC[C@@H]12. The molecule has 66 valence electrons. The molecule has 2 aliphatic rings. The molecular formula is C11H17N. The maximum Gasteiger partial charge on any atom is 0.0411 e. The largest absolute Gasteiger partial charge is 0.294 e. The van der Waals surface area contributed by atoms with Crippen LogP contribution >= 0.6 is 0 Å². The first-order valence-electron chi connectivity index (χ1n) is 4.97. The second-order valence-electron chi connectivity index (χ2n) is 4.36. The average Bonchev–Trinajstić information content (AvgIpc) is 2.32. The van der Waals surface area contributed by atoms with Crippen molar-refractivity contribution in [3.05, 3.63) is 12.2 Å². The summed E-state index contributed by atoms with van der Waals surface area (Å²) in [6, 6.07) is 0. The van der Waals surface area contributed by atoms with Crippen molar-refractivity contribution in [2.24, 2.45) is 22.7 Å². The molecule has 0 radical (unpaired) electrons. The van der Waals surface area contributed by atoms with E-state index in [0.717, 1.165) is 18.4 Å². The lowest BCUT2D eigenvalue weighted by Crippen LogP contribution is -2.33. The van der Waals surface area contributed by atoms with Crippen LogP contribution in [-0.2, 0) is 0 Å². The first-order chi connectivity index (χ1) is 5.77. The van der Waals surface area contributed by atoms with E-state index in [0.29, 0.717) is 5.92 Å². The van der Waals surface area contributed by atoms with Crippen LogP contribution in [0.1, 0.15) is 26.7 Å². The van der Waals surface area contributed by atoms with Crippen LogP contribution in [0.3, 0.4) is 0 Å². The average molecular weight is 163 g/mol. The molecule has 2 rings (SSSR count). The molecule has 0 saturated heterocycles. The van der Waals surface area contributed by atoms with Gasteiger partial charge in [0.1, 0.15) is 0 Å². The molecule has 0 aromatic rings. The Morgan fingerprint density at radius 1 is 1.58 bits per heavy atom. The summed E-state index contributed by atoms with van der Waals surface area (Å²) < 4.78 is 0. The summed E-state index contributed by atoms with van der Waals surface area (Å²) in [4.78, 5) is 4.65. The fourth-order valence-corrected chi connectivity index (χ4v) is 2.02. The molecule has 1 heteroatoms. The summed E-state index contributed by atoms with van der Waals surface area (Å²) in [5, 5.41) is 0. The molecule has 0 amide bonds. The van der Waals surface area contributed by atoms with Gasteiger partial charge in [-0.3, -0.25) is 4.99 Å². The van der Waals surface area contributed by atoms with Crippen molar-refractivity contribution >= 4 is 5.71 Å². The highest BCUT2D eigenvalue weighted by Gasteiger charge is 2.37. The smallest absolute Gasteiger partial charge is 0.0411 e. The van der Waals surface area contributed by atoms with Gasteiger partial charge >= 0.3 is 0 Å². The van der Waals surface area contributed by atoms with Crippen molar-refractivity contribution in [1.82, 2.24) is 0 Å². The van der Waals surface area contributed by atoms with Crippen molar-refractivity contribution < 1.29 is 0 Å². The quantitative estimate of drug-likeness (QED) is 0.555. The van der Waals surface area contributed by atoms with Crippen molar-refractivity contribution in [3.63, 3.8) is 0 Å². The normalized spacial score (nSPS) is 35.8. The van der Waals surface area contributed by atoms with Crippen LogP contribution in [-0.4, -0.2) is 12.3 Å². The van der Waals surface area contributed by atoms with Gasteiger partial charge in [-0.15, -0.1) is 0 Å². The van der Waals surface area contributed by atoms with E-state index < -0.39 is 0 Å². The van der Waals surface area contributed by atoms with E-state index in [1.54, 1.807) is 0 Å². The minimum atomic E-state index is 0.714. The van der Waals surface area contributed by atoms with Gasteiger partial charge in [-0.2, -0.15) is 0 Å². The molecule has 1 saturated carbocycles. The highest BCUT2D eigenvalue weighted by atomic mass is 14.8. The van der Waals surface area contributed by atoms with Crippen LogP contribution in [0.15, 0.2) is 17.1 Å². The van der Waals surface area contributed by atoms with Crippen molar-refractivity contribution in [2.75, 3.05) is 6.54 Å². The minimum Gasteiger partial charge on any atom is -0.294 e. The van der Waals surface area contributed by atoms with E-state index >= 15 is 0 Å². The van der Waals surface area contributed by atoms with Gasteiger partial charge in [0.2, 0.25) is 0 Å². The van der Waals surface area contributed by atoms with E-state index in [1.165, 1.54) is 18.6 Å². The van der Waals surface area contributed by atoms with Gasteiger partial charge in [-0.05, 0) is 24.7 Å². The molecule has 0 aliphatic heterocycles. The Labute approximate surface area is 74.6 Å². The molecular weight excluding hydrogens is 146 g/mol. The summed E-state index contributed by atoms with van der Waals surface area (Å²) in [5.74, 6) is 2.38. The fraction of sp³-hybridized carbons (Fsp3) is 0.727. The molecule has 1 fully saturated rings. The number of rotatable bonds is 2. The molecule has 1 nitrogen and oxygen atoms in total. The summed E-state index contributed by atoms with van der Waals surface area (Å²) in [6.07, 6.45) is 7.17. The van der Waals surface area contributed by atoms with E-state index in [1.807, 2.05) is 0 Å². The third-order valence-corrected chi connectivity index (χ3v) is 2.82. The zero-order chi connectivity index (χ0) is 8.55. The van der Waals surface area contributed by atoms with Gasteiger partial charge in [0.15, 0.2) is 0 Å². The number of hydrogen-bond donors (Lipinski definition) is 0. The van der Waals surface area contributed by atoms with E-state index in [4.69, 9.17) is 0 Å². The zero-order valence-corrected chi connectivity index (χ0v) is 7.96. The molecule has 0 aromatic carbocycles. The van der Waals surface area contributed by atoms with E-state index in [9.17, 15) is 0 Å². The number of aliphatic imine (C=N–C) groups is 1. The first kappa shape index (κ1) is 8.03. The zero-order valence-electron chi connectivity index (χ0n) is 7.96. The Morgan fingerprint density at radius 2 is 2.42 bits per heavy atom. The van der Waals surface area contributed by atoms with Crippen molar-refractivity contribution in [1.29, 1.82) is 0 Å². The van der Waals surface area contributed by atoms with Crippen molar-refractivity contribution in [2.45, 2.75) is 26.7 Å². The molecule has 2 atom stereocenters. The predicted octanol–water partition coefficient (Wildman–Crippen LogP) is 2.68. The second-order valence-corrected chi connectivity index (χ2v) is 4.36. The second kappa shape index (κ2) is 3.04. The first-order valence-corrected chi connectivity index (χ1v) is 4.97. The molecule has 0 unspecified atom stereocenters. The summed E-state index contributed by atoms with van der Waals surface area (Å²) >= 11 is 0. The molecule has 0 heterocycles. The van der Waals surface area contributed by atoms with Crippen molar-refractivity contribution in [3.8, 4) is 0 Å². The predicted molar refractivity (Wildman–Crippen MR) is 52.5 cm³/mol. The van der Waals surface area contributed by atoms with Crippen LogP contribution in [0.25, 0.3) is 0 Å². The lowest BCUT2D eigenvalue weighted by molar-refractivity contribution is 0.462. The molecule has 12 heavy (non-hydrogen) atoms. The Hall–Kier alpha value is -0.590. The summed E-state index contributed by atoms with van der Waals surface area (Å²) in [5.41, 5.74) is 1.48. The Balaban J connectivity index is 1.88. The van der Waals surface area contributed by atoms with E-state index in [-0.39, 0.29) is 0 Å². The van der Waals surface area contributed by atoms with E-state index in [2.05, 4.69) is 31.0 Å². The lowest BCUT2D eigenvalue weighted by Gasteiger charge is -2.32. The highest BCUT2D eigenvalue weighted by Crippen LogP contribution is 2.40. The standard InChI is InChI=1S/C11H17N/c1-8(2)7-12-11-6-9-4-3-5-10(9)11/h3-4,8-10H,5-7H2,1-2H3/t9-,10-/m1/s1. The minimum absolute atomic E-state index is 0.714. The molecule has 2 aliphatic carbocycles. The lowest BCUT2D eigenvalue weighted by atomic mass is 9.74. The van der Waals surface area contributed by atoms with Crippen LogP contribution in [0.4, 0.5) is 0 Å². The van der Waals surface area contributed by atoms with Crippen LogP contribution < -0.4 is 0 Å². The van der Waals surface area contributed by atoms with Crippen LogP contribution in [0.5, 0.6) is 0 Å². The molecule has 0 aromatic heterocycles. The monoisotopic (exact) mass is 163 g/mol. The van der Waals surface area contributed by atoms with Gasteiger partial charge in [0, 0.05) is 18.2 Å². The van der Waals surface area contributed by atoms with Gasteiger partial charge in [0.25, 0.3) is 0 Å². The Morgan fingerprint density at radius 3 is 3.08 bits per heavy atom. The topological polar surface area (TPSA) is 12.4 Å². The van der Waals surface area contributed by atoms with Crippen LogP contribution in [0, 0.1) is 17.8 Å². The highest BCUT2D eigenvalue weighted by molar-refractivity contribution is 5.94. The number of hydrogen-bond acceptors (Lipinski definition) is 1. The number of fused-ring (bicyclic) bond motifs is 1. The molecule has 0 N–H and O–H groups in total. The third kappa shape index (κ3) is 1.33. The third-order valence-electron chi connectivity index (χ3n) is 2.82. The number of allylic oxidation sites excluding steroid dienone is 2.